The van der Waals surface area contributed by atoms with Crippen molar-refractivity contribution in [1.82, 2.24) is 0 Å². The number of carbonyl (C=O) groups is 2. The van der Waals surface area contributed by atoms with Gasteiger partial charge in [0.05, 0.1) is 38.9 Å². The zero-order valence-electron chi connectivity index (χ0n) is 15.7. The molecule has 0 aromatic heterocycles. The molecule has 2 atom stereocenters. The van der Waals surface area contributed by atoms with Crippen LogP contribution in [0.15, 0.2) is 29.5 Å². The first-order chi connectivity index (χ1) is 12.5. The molecule has 0 amide bonds. The lowest BCUT2D eigenvalue weighted by Crippen LogP contribution is -2.31. The van der Waals surface area contributed by atoms with Crippen LogP contribution in [0, 0.1) is 0 Å². The summed E-state index contributed by atoms with van der Waals surface area (Å²) in [6.45, 7) is 5.47. The number of carbonyl (C=O) groups excluding carboxylic acids is 2. The molecule has 1 heterocycles. The van der Waals surface area contributed by atoms with E-state index in [9.17, 15) is 9.59 Å². The summed E-state index contributed by atoms with van der Waals surface area (Å²) >= 11 is 0. The molecule has 1 aromatic carbocycles. The van der Waals surface area contributed by atoms with E-state index in [0.717, 1.165) is 0 Å². The Morgan fingerprint density at radius 3 is 2.35 bits per heavy atom. The van der Waals surface area contributed by atoms with Crippen LogP contribution in [-0.4, -0.2) is 45.5 Å². The number of ether oxygens (including phenoxy) is 5. The van der Waals surface area contributed by atoms with Gasteiger partial charge >= 0.3 is 11.9 Å². The topological polar surface area (TPSA) is 80.3 Å². The van der Waals surface area contributed by atoms with Crippen LogP contribution in [0.1, 0.15) is 32.3 Å². The van der Waals surface area contributed by atoms with Gasteiger partial charge in [-0.1, -0.05) is 12.1 Å². The van der Waals surface area contributed by atoms with E-state index in [1.165, 1.54) is 14.2 Å². The first-order valence-corrected chi connectivity index (χ1v) is 8.42. The van der Waals surface area contributed by atoms with Gasteiger partial charge in [0.25, 0.3) is 0 Å². The third-order valence-corrected chi connectivity index (χ3v) is 4.08. The molecule has 1 aliphatic heterocycles. The second-order valence-electron chi connectivity index (χ2n) is 5.54. The molecule has 0 N–H and O–H groups in total. The Morgan fingerprint density at radius 2 is 1.77 bits per heavy atom. The number of para-hydroxylation sites is 1. The molecule has 1 aliphatic rings. The Hall–Kier alpha value is -2.70. The molecule has 0 unspecified atom stereocenters. The maximum absolute atomic E-state index is 12.5. The normalized spacial score (nSPS) is 19.0. The highest BCUT2D eigenvalue weighted by molar-refractivity contribution is 5.94. The fourth-order valence-corrected chi connectivity index (χ4v) is 3.06. The third-order valence-electron chi connectivity index (χ3n) is 4.08. The fraction of sp³-hybridized carbons (Fsp3) is 0.474. The number of hydrogen-bond acceptors (Lipinski definition) is 7. The van der Waals surface area contributed by atoms with Crippen molar-refractivity contribution in [2.45, 2.75) is 32.8 Å². The van der Waals surface area contributed by atoms with Crippen molar-refractivity contribution < 1.29 is 33.3 Å². The van der Waals surface area contributed by atoms with Crippen LogP contribution < -0.4 is 9.47 Å². The van der Waals surface area contributed by atoms with Gasteiger partial charge in [0.1, 0.15) is 5.76 Å². The highest BCUT2D eigenvalue weighted by Crippen LogP contribution is 2.46. The second kappa shape index (κ2) is 8.60. The van der Waals surface area contributed by atoms with Crippen LogP contribution in [0.3, 0.4) is 0 Å². The Labute approximate surface area is 152 Å². The number of allylic oxidation sites excluding steroid dienone is 1. The van der Waals surface area contributed by atoms with E-state index in [4.69, 9.17) is 23.7 Å². The standard InChI is InChI=1S/C19H24O7/c1-6-24-18(20)14-11(3)26-17(19(21)25-7-2)15(14)12-9-8-10-13(22-4)16(12)23-5/h8-10,15,17H,6-7H2,1-5H3/t15-,17-/m0/s1. The third kappa shape index (κ3) is 3.61. The summed E-state index contributed by atoms with van der Waals surface area (Å²) < 4.78 is 26.8. The van der Waals surface area contributed by atoms with E-state index in [1.807, 2.05) is 0 Å². The monoisotopic (exact) mass is 364 g/mol. The maximum Gasteiger partial charge on any atom is 0.348 e. The lowest BCUT2D eigenvalue weighted by molar-refractivity contribution is -0.153. The van der Waals surface area contributed by atoms with Gasteiger partial charge in [-0.15, -0.1) is 0 Å². The zero-order chi connectivity index (χ0) is 19.3. The molecule has 7 nitrogen and oxygen atoms in total. The highest BCUT2D eigenvalue weighted by Gasteiger charge is 2.46. The largest absolute Gasteiger partial charge is 0.493 e. The van der Waals surface area contributed by atoms with E-state index < -0.39 is 24.0 Å². The molecule has 0 bridgehead atoms. The molecule has 26 heavy (non-hydrogen) atoms. The summed E-state index contributed by atoms with van der Waals surface area (Å²) in [6, 6.07) is 5.26. The summed E-state index contributed by atoms with van der Waals surface area (Å²) in [6.07, 6.45) is -1.00. The molecule has 142 valence electrons. The minimum absolute atomic E-state index is 0.203. The molecule has 0 aliphatic carbocycles. The van der Waals surface area contributed by atoms with Crippen LogP contribution in [0.25, 0.3) is 0 Å². The van der Waals surface area contributed by atoms with Gasteiger partial charge in [0, 0.05) is 5.56 Å². The summed E-state index contributed by atoms with van der Waals surface area (Å²) in [5, 5.41) is 0. The Bertz CT molecular complexity index is 708. The zero-order valence-corrected chi connectivity index (χ0v) is 15.7. The van der Waals surface area contributed by atoms with Gasteiger partial charge in [-0.3, -0.25) is 0 Å². The summed E-state index contributed by atoms with van der Waals surface area (Å²) in [4.78, 5) is 25.0. The number of esters is 2. The van der Waals surface area contributed by atoms with Crippen LogP contribution in [0.4, 0.5) is 0 Å². The number of benzene rings is 1. The summed E-state index contributed by atoms with van der Waals surface area (Å²) in [5.74, 6) is -0.572. The fourth-order valence-electron chi connectivity index (χ4n) is 3.06. The van der Waals surface area contributed by atoms with E-state index in [0.29, 0.717) is 22.8 Å². The van der Waals surface area contributed by atoms with Crippen LogP contribution in [-0.2, 0) is 23.8 Å². The molecule has 0 saturated carbocycles. The van der Waals surface area contributed by atoms with Crippen LogP contribution in [0.2, 0.25) is 0 Å². The minimum Gasteiger partial charge on any atom is -0.493 e. The molecule has 0 radical (unpaired) electrons. The van der Waals surface area contributed by atoms with Crippen molar-refractivity contribution in [3.63, 3.8) is 0 Å². The predicted octanol–water partition coefficient (Wildman–Crippen LogP) is 2.59. The molecular formula is C19H24O7. The summed E-state index contributed by atoms with van der Waals surface area (Å²) in [5.41, 5.74) is 0.862. The number of rotatable bonds is 7. The highest BCUT2D eigenvalue weighted by atomic mass is 16.6. The molecule has 0 saturated heterocycles. The molecule has 0 spiro atoms. The van der Waals surface area contributed by atoms with Crippen LogP contribution >= 0.6 is 0 Å². The van der Waals surface area contributed by atoms with Gasteiger partial charge in [0.15, 0.2) is 11.5 Å². The molecule has 7 heteroatoms. The maximum atomic E-state index is 12.5. The lowest BCUT2D eigenvalue weighted by atomic mass is 9.86. The average molecular weight is 364 g/mol. The minimum atomic E-state index is -1.00. The van der Waals surface area contributed by atoms with Crippen molar-refractivity contribution >= 4 is 11.9 Å². The van der Waals surface area contributed by atoms with Crippen molar-refractivity contribution in [3.05, 3.63) is 35.1 Å². The molecule has 0 fully saturated rings. The summed E-state index contributed by atoms with van der Waals surface area (Å²) in [7, 11) is 3.01. The van der Waals surface area contributed by atoms with Crippen molar-refractivity contribution in [2.75, 3.05) is 27.4 Å². The molecular weight excluding hydrogens is 340 g/mol. The van der Waals surface area contributed by atoms with E-state index in [-0.39, 0.29) is 18.8 Å². The number of methoxy groups -OCH3 is 2. The first kappa shape index (κ1) is 19.6. The lowest BCUT2D eigenvalue weighted by Gasteiger charge is -2.22. The number of hydrogen-bond donors (Lipinski definition) is 0. The first-order valence-electron chi connectivity index (χ1n) is 8.42. The van der Waals surface area contributed by atoms with E-state index in [1.54, 1.807) is 39.0 Å². The van der Waals surface area contributed by atoms with Crippen molar-refractivity contribution in [3.8, 4) is 11.5 Å². The van der Waals surface area contributed by atoms with Crippen LogP contribution in [0.5, 0.6) is 11.5 Å². The molecule has 2 rings (SSSR count). The van der Waals surface area contributed by atoms with Gasteiger partial charge in [0.2, 0.25) is 6.10 Å². The Balaban J connectivity index is 2.60. The van der Waals surface area contributed by atoms with Crippen molar-refractivity contribution in [2.24, 2.45) is 0 Å². The Kier molecular flexibility index (Phi) is 6.49. The second-order valence-corrected chi connectivity index (χ2v) is 5.54. The van der Waals surface area contributed by atoms with Gasteiger partial charge in [-0.05, 0) is 26.8 Å². The van der Waals surface area contributed by atoms with Crippen molar-refractivity contribution in [1.29, 1.82) is 0 Å². The quantitative estimate of drug-likeness (QED) is 0.688. The van der Waals surface area contributed by atoms with E-state index in [2.05, 4.69) is 0 Å². The van der Waals surface area contributed by atoms with Gasteiger partial charge in [-0.2, -0.15) is 0 Å². The SMILES string of the molecule is CCOC(=O)C1=C(C)O[C@H](C(=O)OCC)[C@H]1c1cccc(OC)c1OC. The van der Waals surface area contributed by atoms with Gasteiger partial charge in [-0.25, -0.2) is 9.59 Å². The van der Waals surface area contributed by atoms with E-state index >= 15 is 0 Å². The van der Waals surface area contributed by atoms with Gasteiger partial charge < -0.3 is 23.7 Å². The predicted molar refractivity (Wildman–Crippen MR) is 93.1 cm³/mol. The average Bonchev–Trinajstić information content (AvgIpc) is 2.98. The molecule has 1 aromatic rings. The Morgan fingerprint density at radius 1 is 1.08 bits per heavy atom. The smallest absolute Gasteiger partial charge is 0.348 e.